The summed E-state index contributed by atoms with van der Waals surface area (Å²) < 4.78 is 2.09. The van der Waals surface area contributed by atoms with E-state index in [1.807, 2.05) is 32.4 Å². The fourth-order valence-electron chi connectivity index (χ4n) is 2.05. The normalized spacial score (nSPS) is 11.1. The van der Waals surface area contributed by atoms with E-state index in [0.717, 1.165) is 27.8 Å². The Morgan fingerprint density at radius 3 is 2.88 bits per heavy atom. The van der Waals surface area contributed by atoms with E-state index in [1.54, 1.807) is 6.20 Å². The molecule has 3 rings (SSSR count). The molecule has 0 aromatic carbocycles. The molecule has 0 atom stereocenters. The van der Waals surface area contributed by atoms with Gasteiger partial charge in [-0.3, -0.25) is 4.98 Å². The summed E-state index contributed by atoms with van der Waals surface area (Å²) in [6, 6.07) is 6.07. The lowest BCUT2D eigenvalue weighted by molar-refractivity contribution is 0.988. The number of hydrogen-bond acceptors (Lipinski definition) is 3. The van der Waals surface area contributed by atoms with Crippen molar-refractivity contribution in [2.45, 2.75) is 0 Å². The zero-order valence-electron chi connectivity index (χ0n) is 9.23. The number of nitrogens with one attached hydrogen (secondary N) is 1. The molecule has 0 aliphatic carbocycles. The van der Waals surface area contributed by atoms with Gasteiger partial charge in [0.1, 0.15) is 11.5 Å². The minimum absolute atomic E-state index is 0.881. The summed E-state index contributed by atoms with van der Waals surface area (Å²) in [7, 11) is 3.90. The summed E-state index contributed by atoms with van der Waals surface area (Å²) >= 11 is 0. The maximum absolute atomic E-state index is 4.55. The fourth-order valence-corrected chi connectivity index (χ4v) is 2.05. The van der Waals surface area contributed by atoms with Gasteiger partial charge in [0.15, 0.2) is 0 Å². The van der Waals surface area contributed by atoms with Gasteiger partial charge in [-0.1, -0.05) is 0 Å². The van der Waals surface area contributed by atoms with Crippen molar-refractivity contribution in [3.05, 3.63) is 30.6 Å². The number of aromatic nitrogens is 3. The average molecular weight is 212 g/mol. The van der Waals surface area contributed by atoms with Crippen LogP contribution in [0.3, 0.4) is 0 Å². The third-order valence-corrected chi connectivity index (χ3v) is 2.90. The molecule has 16 heavy (non-hydrogen) atoms. The van der Waals surface area contributed by atoms with Crippen molar-refractivity contribution in [2.24, 2.45) is 7.05 Å². The summed E-state index contributed by atoms with van der Waals surface area (Å²) in [6.07, 6.45) is 3.69. The molecule has 0 spiro atoms. The number of hydrogen-bond donors (Lipinski definition) is 1. The van der Waals surface area contributed by atoms with Gasteiger partial charge in [0.05, 0.1) is 5.52 Å². The molecule has 0 bridgehead atoms. The lowest BCUT2D eigenvalue weighted by Crippen LogP contribution is -1.94. The van der Waals surface area contributed by atoms with Crippen LogP contribution in [0.25, 0.3) is 21.9 Å². The van der Waals surface area contributed by atoms with Crippen LogP contribution in [0.2, 0.25) is 0 Å². The van der Waals surface area contributed by atoms with E-state index in [0.29, 0.717) is 0 Å². The first-order valence-corrected chi connectivity index (χ1v) is 5.18. The first-order chi connectivity index (χ1) is 7.81. The largest absolute Gasteiger partial charge is 0.373 e. The number of fused-ring (bicyclic) bond motifs is 3. The van der Waals surface area contributed by atoms with Crippen molar-refractivity contribution in [3.8, 4) is 0 Å². The molecule has 0 amide bonds. The highest BCUT2D eigenvalue weighted by Gasteiger charge is 2.08. The first-order valence-electron chi connectivity index (χ1n) is 5.18. The molecule has 0 radical (unpaired) electrons. The van der Waals surface area contributed by atoms with E-state index in [1.165, 1.54) is 0 Å². The zero-order chi connectivity index (χ0) is 11.1. The molecule has 80 valence electrons. The van der Waals surface area contributed by atoms with Crippen LogP contribution in [0, 0.1) is 0 Å². The highest BCUT2D eigenvalue weighted by atomic mass is 15.1. The number of rotatable bonds is 1. The van der Waals surface area contributed by atoms with Gasteiger partial charge < -0.3 is 9.88 Å². The highest BCUT2D eigenvalue weighted by molar-refractivity contribution is 6.06. The van der Waals surface area contributed by atoms with E-state index in [4.69, 9.17) is 0 Å². The molecule has 3 aromatic rings. The Morgan fingerprint density at radius 2 is 2.06 bits per heavy atom. The van der Waals surface area contributed by atoms with Crippen molar-refractivity contribution in [1.29, 1.82) is 0 Å². The smallest absolute Gasteiger partial charge is 0.143 e. The predicted octanol–water partition coefficient (Wildman–Crippen LogP) is 2.16. The third-order valence-electron chi connectivity index (χ3n) is 2.90. The lowest BCUT2D eigenvalue weighted by atomic mass is 10.2. The van der Waals surface area contributed by atoms with Crippen LogP contribution in [0.1, 0.15) is 0 Å². The van der Waals surface area contributed by atoms with Gasteiger partial charge in [-0.15, -0.1) is 0 Å². The Morgan fingerprint density at radius 1 is 1.19 bits per heavy atom. The lowest BCUT2D eigenvalue weighted by Gasteiger charge is -2.00. The molecule has 3 heterocycles. The van der Waals surface area contributed by atoms with E-state index >= 15 is 0 Å². The van der Waals surface area contributed by atoms with Crippen molar-refractivity contribution in [2.75, 3.05) is 12.4 Å². The van der Waals surface area contributed by atoms with Crippen LogP contribution < -0.4 is 5.32 Å². The zero-order valence-corrected chi connectivity index (χ0v) is 9.23. The number of pyridine rings is 2. The third kappa shape index (κ3) is 1.10. The molecule has 0 unspecified atom stereocenters. The molecule has 0 aliphatic rings. The predicted molar refractivity (Wildman–Crippen MR) is 65.6 cm³/mol. The second-order valence-electron chi connectivity index (χ2n) is 3.77. The van der Waals surface area contributed by atoms with Gasteiger partial charge in [0.2, 0.25) is 0 Å². The van der Waals surface area contributed by atoms with Crippen LogP contribution in [-0.4, -0.2) is 21.6 Å². The fraction of sp³-hybridized carbons (Fsp3) is 0.167. The molecule has 0 aliphatic heterocycles. The SMILES string of the molecule is CNc1ccc2c3cnccc3n(C)c2n1. The minimum Gasteiger partial charge on any atom is -0.373 e. The molecule has 4 heteroatoms. The Bertz CT molecular complexity index is 669. The van der Waals surface area contributed by atoms with Gasteiger partial charge >= 0.3 is 0 Å². The molecule has 0 saturated carbocycles. The quantitative estimate of drug-likeness (QED) is 0.672. The maximum atomic E-state index is 4.55. The maximum Gasteiger partial charge on any atom is 0.143 e. The van der Waals surface area contributed by atoms with Crippen LogP contribution in [0.4, 0.5) is 5.82 Å². The molecule has 3 aromatic heterocycles. The molecule has 0 fully saturated rings. The average Bonchev–Trinajstić information content (AvgIpc) is 2.64. The Balaban J connectivity index is 2.51. The Kier molecular flexibility index (Phi) is 1.83. The summed E-state index contributed by atoms with van der Waals surface area (Å²) in [6.45, 7) is 0. The van der Waals surface area contributed by atoms with E-state index in [9.17, 15) is 0 Å². The van der Waals surface area contributed by atoms with Gasteiger partial charge in [-0.2, -0.15) is 0 Å². The Hall–Kier alpha value is -2.10. The van der Waals surface area contributed by atoms with Crippen molar-refractivity contribution >= 4 is 27.8 Å². The number of anilines is 1. The van der Waals surface area contributed by atoms with Gasteiger partial charge in [0.25, 0.3) is 0 Å². The number of aryl methyl sites for hydroxylation is 1. The summed E-state index contributed by atoms with van der Waals surface area (Å²) in [5.74, 6) is 0.881. The van der Waals surface area contributed by atoms with Gasteiger partial charge in [-0.25, -0.2) is 4.98 Å². The van der Waals surface area contributed by atoms with Crippen LogP contribution in [0.15, 0.2) is 30.6 Å². The number of nitrogens with zero attached hydrogens (tertiary/aromatic N) is 3. The summed E-state index contributed by atoms with van der Waals surface area (Å²) in [5, 5.41) is 5.34. The summed E-state index contributed by atoms with van der Waals surface area (Å²) in [5.41, 5.74) is 2.14. The van der Waals surface area contributed by atoms with Crippen LogP contribution in [-0.2, 0) is 7.05 Å². The van der Waals surface area contributed by atoms with Gasteiger partial charge in [0, 0.05) is 37.3 Å². The van der Waals surface area contributed by atoms with Crippen LogP contribution >= 0.6 is 0 Å². The second-order valence-corrected chi connectivity index (χ2v) is 3.77. The standard InChI is InChI=1S/C12H12N4/c1-13-11-4-3-8-9-7-14-6-5-10(9)16(2)12(8)15-11/h3-7H,1-2H3,(H,13,15). The molecule has 4 nitrogen and oxygen atoms in total. The summed E-state index contributed by atoms with van der Waals surface area (Å²) in [4.78, 5) is 8.72. The minimum atomic E-state index is 0.881. The molecule has 0 saturated heterocycles. The van der Waals surface area contributed by atoms with Crippen molar-refractivity contribution in [3.63, 3.8) is 0 Å². The van der Waals surface area contributed by atoms with E-state index in [2.05, 4.69) is 25.9 Å². The monoisotopic (exact) mass is 212 g/mol. The topological polar surface area (TPSA) is 42.7 Å². The molecular weight excluding hydrogens is 200 g/mol. The molecular formula is C12H12N4. The van der Waals surface area contributed by atoms with E-state index < -0.39 is 0 Å². The second kappa shape index (κ2) is 3.20. The Labute approximate surface area is 92.9 Å². The molecule has 1 N–H and O–H groups in total. The van der Waals surface area contributed by atoms with Crippen molar-refractivity contribution < 1.29 is 0 Å². The van der Waals surface area contributed by atoms with Crippen LogP contribution in [0.5, 0.6) is 0 Å². The first kappa shape index (κ1) is 9.15. The van der Waals surface area contributed by atoms with Gasteiger partial charge in [-0.05, 0) is 18.2 Å². The highest BCUT2D eigenvalue weighted by Crippen LogP contribution is 2.26. The van der Waals surface area contributed by atoms with Crippen molar-refractivity contribution in [1.82, 2.24) is 14.5 Å². The van der Waals surface area contributed by atoms with E-state index in [-0.39, 0.29) is 0 Å².